The summed E-state index contributed by atoms with van der Waals surface area (Å²) in [6, 6.07) is 8.09. The highest BCUT2D eigenvalue weighted by Gasteiger charge is 2.09. The van der Waals surface area contributed by atoms with E-state index < -0.39 is 0 Å². The zero-order valence-corrected chi connectivity index (χ0v) is 10.3. The van der Waals surface area contributed by atoms with Crippen LogP contribution in [0, 0.1) is 5.92 Å². The van der Waals surface area contributed by atoms with Crippen LogP contribution in [0.15, 0.2) is 24.3 Å². The Morgan fingerprint density at radius 1 is 1.25 bits per heavy atom. The van der Waals surface area contributed by atoms with E-state index in [-0.39, 0.29) is 5.97 Å². The number of rotatable bonds is 5. The molecule has 0 heterocycles. The van der Waals surface area contributed by atoms with Crippen molar-refractivity contribution in [3.63, 3.8) is 0 Å². The van der Waals surface area contributed by atoms with Gasteiger partial charge in [-0.3, -0.25) is 4.79 Å². The molecule has 0 aromatic heterocycles. The Bertz CT molecular complexity index is 342. The SMILES string of the molecule is CCOC(=O)Cc1ccccc1CC(C)C. The van der Waals surface area contributed by atoms with Crippen LogP contribution in [0.1, 0.15) is 31.9 Å². The molecular weight excluding hydrogens is 200 g/mol. The van der Waals surface area contributed by atoms with E-state index in [0.29, 0.717) is 18.9 Å². The van der Waals surface area contributed by atoms with Crippen LogP contribution in [-0.2, 0) is 22.4 Å². The van der Waals surface area contributed by atoms with Gasteiger partial charge in [0.1, 0.15) is 0 Å². The molecule has 2 nitrogen and oxygen atoms in total. The summed E-state index contributed by atoms with van der Waals surface area (Å²) in [6.07, 6.45) is 1.40. The molecule has 2 heteroatoms. The van der Waals surface area contributed by atoms with Gasteiger partial charge < -0.3 is 4.74 Å². The van der Waals surface area contributed by atoms with Gasteiger partial charge in [0.25, 0.3) is 0 Å². The maximum atomic E-state index is 11.4. The third-order valence-electron chi connectivity index (χ3n) is 2.39. The molecule has 16 heavy (non-hydrogen) atoms. The second-order valence-corrected chi connectivity index (χ2v) is 4.35. The maximum Gasteiger partial charge on any atom is 0.310 e. The van der Waals surface area contributed by atoms with Gasteiger partial charge in [-0.15, -0.1) is 0 Å². The van der Waals surface area contributed by atoms with Crippen molar-refractivity contribution in [3.05, 3.63) is 35.4 Å². The van der Waals surface area contributed by atoms with Crippen molar-refractivity contribution in [2.24, 2.45) is 5.92 Å². The first-order chi connectivity index (χ1) is 7.63. The summed E-state index contributed by atoms with van der Waals surface area (Å²) in [7, 11) is 0. The second kappa shape index (κ2) is 6.31. The quantitative estimate of drug-likeness (QED) is 0.713. The Morgan fingerprint density at radius 3 is 2.44 bits per heavy atom. The Labute approximate surface area is 97.6 Å². The minimum Gasteiger partial charge on any atom is -0.466 e. The summed E-state index contributed by atoms with van der Waals surface area (Å²) in [5, 5.41) is 0. The molecule has 88 valence electrons. The van der Waals surface area contributed by atoms with Gasteiger partial charge in [-0.05, 0) is 30.4 Å². The number of esters is 1. The molecule has 0 aliphatic heterocycles. The molecule has 0 aliphatic rings. The first kappa shape index (κ1) is 12.8. The number of benzene rings is 1. The van der Waals surface area contributed by atoms with Crippen molar-refractivity contribution >= 4 is 5.97 Å². The zero-order chi connectivity index (χ0) is 12.0. The van der Waals surface area contributed by atoms with E-state index in [1.54, 1.807) is 0 Å². The van der Waals surface area contributed by atoms with Crippen LogP contribution in [0.3, 0.4) is 0 Å². The molecule has 0 amide bonds. The smallest absolute Gasteiger partial charge is 0.310 e. The van der Waals surface area contributed by atoms with Gasteiger partial charge >= 0.3 is 5.97 Å². The fraction of sp³-hybridized carbons (Fsp3) is 0.500. The minimum atomic E-state index is -0.140. The molecule has 0 atom stereocenters. The van der Waals surface area contributed by atoms with E-state index in [1.807, 2.05) is 25.1 Å². The lowest BCUT2D eigenvalue weighted by Crippen LogP contribution is -2.10. The van der Waals surface area contributed by atoms with Gasteiger partial charge in [0.15, 0.2) is 0 Å². The maximum absolute atomic E-state index is 11.4. The van der Waals surface area contributed by atoms with Gasteiger partial charge in [0, 0.05) is 0 Å². The summed E-state index contributed by atoms with van der Waals surface area (Å²) < 4.78 is 4.97. The molecule has 0 saturated carbocycles. The molecule has 0 spiro atoms. The minimum absolute atomic E-state index is 0.140. The summed E-state index contributed by atoms with van der Waals surface area (Å²) in [5.74, 6) is 0.460. The average Bonchev–Trinajstić information content (AvgIpc) is 2.20. The van der Waals surface area contributed by atoms with Crippen LogP contribution in [0.5, 0.6) is 0 Å². The van der Waals surface area contributed by atoms with Crippen molar-refractivity contribution in [2.45, 2.75) is 33.6 Å². The molecule has 0 unspecified atom stereocenters. The first-order valence-corrected chi connectivity index (χ1v) is 5.85. The van der Waals surface area contributed by atoms with Crippen molar-refractivity contribution in [1.29, 1.82) is 0 Å². The van der Waals surface area contributed by atoms with Gasteiger partial charge in [0.05, 0.1) is 13.0 Å². The summed E-state index contributed by atoms with van der Waals surface area (Å²) >= 11 is 0. The predicted molar refractivity (Wildman–Crippen MR) is 65.3 cm³/mol. The van der Waals surface area contributed by atoms with Gasteiger partial charge in [-0.25, -0.2) is 0 Å². The van der Waals surface area contributed by atoms with Crippen molar-refractivity contribution < 1.29 is 9.53 Å². The lowest BCUT2D eigenvalue weighted by molar-refractivity contribution is -0.142. The Kier molecular flexibility index (Phi) is 5.03. The molecule has 1 aromatic rings. The fourth-order valence-electron chi connectivity index (χ4n) is 1.74. The van der Waals surface area contributed by atoms with Crippen LogP contribution >= 0.6 is 0 Å². The topological polar surface area (TPSA) is 26.3 Å². The van der Waals surface area contributed by atoms with Gasteiger partial charge in [-0.2, -0.15) is 0 Å². The second-order valence-electron chi connectivity index (χ2n) is 4.35. The molecule has 0 saturated heterocycles. The van der Waals surface area contributed by atoms with Crippen LogP contribution in [0.4, 0.5) is 0 Å². The predicted octanol–water partition coefficient (Wildman–Crippen LogP) is 2.99. The first-order valence-electron chi connectivity index (χ1n) is 5.85. The Balaban J connectivity index is 2.74. The molecule has 0 radical (unpaired) electrons. The third kappa shape index (κ3) is 4.05. The highest BCUT2D eigenvalue weighted by Crippen LogP contribution is 2.14. The lowest BCUT2D eigenvalue weighted by atomic mass is 9.96. The monoisotopic (exact) mass is 220 g/mol. The summed E-state index contributed by atoms with van der Waals surface area (Å²) in [5.41, 5.74) is 2.35. The molecule has 1 rings (SSSR count). The van der Waals surface area contributed by atoms with Crippen LogP contribution in [-0.4, -0.2) is 12.6 Å². The highest BCUT2D eigenvalue weighted by atomic mass is 16.5. The normalized spacial score (nSPS) is 10.5. The third-order valence-corrected chi connectivity index (χ3v) is 2.39. The van der Waals surface area contributed by atoms with Crippen molar-refractivity contribution in [1.82, 2.24) is 0 Å². The number of carbonyl (C=O) groups is 1. The van der Waals surface area contributed by atoms with Crippen molar-refractivity contribution in [3.8, 4) is 0 Å². The van der Waals surface area contributed by atoms with Crippen LogP contribution in [0.2, 0.25) is 0 Å². The molecular formula is C14H20O2. The number of carbonyl (C=O) groups excluding carboxylic acids is 1. The zero-order valence-electron chi connectivity index (χ0n) is 10.3. The average molecular weight is 220 g/mol. The Morgan fingerprint density at radius 2 is 1.88 bits per heavy atom. The van der Waals surface area contributed by atoms with E-state index >= 15 is 0 Å². The number of hydrogen-bond donors (Lipinski definition) is 0. The number of hydrogen-bond acceptors (Lipinski definition) is 2. The Hall–Kier alpha value is -1.31. The van der Waals surface area contributed by atoms with E-state index in [1.165, 1.54) is 5.56 Å². The molecule has 0 bridgehead atoms. The summed E-state index contributed by atoms with van der Waals surface area (Å²) in [4.78, 5) is 11.4. The fourth-order valence-corrected chi connectivity index (χ4v) is 1.74. The van der Waals surface area contributed by atoms with E-state index in [0.717, 1.165) is 12.0 Å². The molecule has 1 aromatic carbocycles. The van der Waals surface area contributed by atoms with Crippen molar-refractivity contribution in [2.75, 3.05) is 6.61 Å². The van der Waals surface area contributed by atoms with Gasteiger partial charge in [0.2, 0.25) is 0 Å². The van der Waals surface area contributed by atoms with E-state index in [4.69, 9.17) is 4.74 Å². The van der Waals surface area contributed by atoms with Gasteiger partial charge in [-0.1, -0.05) is 38.1 Å². The molecule has 0 N–H and O–H groups in total. The highest BCUT2D eigenvalue weighted by molar-refractivity contribution is 5.73. The van der Waals surface area contributed by atoms with E-state index in [2.05, 4.69) is 19.9 Å². The van der Waals surface area contributed by atoms with Crippen LogP contribution < -0.4 is 0 Å². The van der Waals surface area contributed by atoms with E-state index in [9.17, 15) is 4.79 Å². The molecule has 0 fully saturated rings. The largest absolute Gasteiger partial charge is 0.466 e. The lowest BCUT2D eigenvalue weighted by Gasteiger charge is -2.10. The standard InChI is InChI=1S/C14H20O2/c1-4-16-14(15)10-13-8-6-5-7-12(13)9-11(2)3/h5-8,11H,4,9-10H2,1-3H3. The van der Waals surface area contributed by atoms with Crippen LogP contribution in [0.25, 0.3) is 0 Å². The molecule has 0 aliphatic carbocycles. The number of ether oxygens (including phenoxy) is 1. The summed E-state index contributed by atoms with van der Waals surface area (Å²) in [6.45, 7) is 6.64.